The molecule has 0 saturated heterocycles. The van der Waals surface area contributed by atoms with Crippen LogP contribution in [0.4, 0.5) is 11.6 Å². The van der Waals surface area contributed by atoms with E-state index in [1.54, 1.807) is 12.4 Å². The van der Waals surface area contributed by atoms with Crippen molar-refractivity contribution in [2.24, 2.45) is 0 Å². The van der Waals surface area contributed by atoms with Gasteiger partial charge in [-0.05, 0) is 36.4 Å². The van der Waals surface area contributed by atoms with Gasteiger partial charge in [0.05, 0.1) is 5.69 Å². The zero-order valence-electron chi connectivity index (χ0n) is 12.0. The second-order valence-electron chi connectivity index (χ2n) is 5.00. The summed E-state index contributed by atoms with van der Waals surface area (Å²) in [6.45, 7) is 0. The van der Waals surface area contributed by atoms with E-state index in [4.69, 9.17) is 11.6 Å². The summed E-state index contributed by atoms with van der Waals surface area (Å²) in [4.78, 5) is 16.3. The van der Waals surface area contributed by atoms with Crippen LogP contribution in [0.1, 0.15) is 0 Å². The largest absolute Gasteiger partial charge is 0.345 e. The quantitative estimate of drug-likeness (QED) is 0.586. The Kier molecular flexibility index (Phi) is 3.40. The molecule has 1 aromatic carbocycles. The van der Waals surface area contributed by atoms with Crippen molar-refractivity contribution in [1.82, 2.24) is 19.9 Å². The maximum atomic E-state index is 6.00. The maximum Gasteiger partial charge on any atom is 0.227 e. The van der Waals surface area contributed by atoms with Crippen LogP contribution in [-0.2, 0) is 0 Å². The lowest BCUT2D eigenvalue weighted by Gasteiger charge is -2.06. The summed E-state index contributed by atoms with van der Waals surface area (Å²) >= 11 is 6.00. The summed E-state index contributed by atoms with van der Waals surface area (Å²) in [5.74, 6) is 0.517. The Morgan fingerprint density at radius 3 is 2.87 bits per heavy atom. The molecule has 112 valence electrons. The number of benzene rings is 1. The van der Waals surface area contributed by atoms with Crippen molar-refractivity contribution in [3.63, 3.8) is 0 Å². The highest BCUT2D eigenvalue weighted by Gasteiger charge is 2.09. The maximum absolute atomic E-state index is 6.00. The second kappa shape index (κ2) is 5.70. The number of rotatable bonds is 3. The minimum atomic E-state index is 0.517. The number of anilines is 2. The molecule has 6 heteroatoms. The first kappa shape index (κ1) is 13.7. The van der Waals surface area contributed by atoms with E-state index >= 15 is 0 Å². The van der Waals surface area contributed by atoms with Gasteiger partial charge in [-0.2, -0.15) is 0 Å². The number of hydrogen-bond acceptors (Lipinski definition) is 4. The third-order valence-electron chi connectivity index (χ3n) is 3.46. The molecule has 5 nitrogen and oxygen atoms in total. The predicted octanol–water partition coefficient (Wildman–Crippen LogP) is 4.42. The van der Waals surface area contributed by atoms with Crippen LogP contribution in [0.3, 0.4) is 0 Å². The summed E-state index contributed by atoms with van der Waals surface area (Å²) in [5.41, 5.74) is 3.49. The standard InChI is InChI=1S/C17H12ClN5/c18-11-3-1-4-12(9-11)22-17-20-8-6-15(23-17)14-10-21-16-13(14)5-2-7-19-16/h1-10H,(H,19,21)(H,20,22,23). The van der Waals surface area contributed by atoms with Crippen LogP contribution in [0, 0.1) is 0 Å². The molecule has 0 unspecified atom stereocenters. The van der Waals surface area contributed by atoms with Gasteiger partial charge in [-0.25, -0.2) is 15.0 Å². The fraction of sp³-hybridized carbons (Fsp3) is 0. The van der Waals surface area contributed by atoms with Gasteiger partial charge < -0.3 is 10.3 Å². The fourth-order valence-corrected chi connectivity index (χ4v) is 2.62. The molecular weight excluding hydrogens is 310 g/mol. The van der Waals surface area contributed by atoms with E-state index < -0.39 is 0 Å². The van der Waals surface area contributed by atoms with Crippen LogP contribution >= 0.6 is 11.6 Å². The summed E-state index contributed by atoms with van der Waals surface area (Å²) in [6, 6.07) is 13.2. The first-order valence-corrected chi connectivity index (χ1v) is 7.45. The van der Waals surface area contributed by atoms with Crippen LogP contribution in [0.5, 0.6) is 0 Å². The van der Waals surface area contributed by atoms with Crippen molar-refractivity contribution < 1.29 is 0 Å². The number of H-pyrrole nitrogens is 1. The molecule has 0 aliphatic heterocycles. The minimum absolute atomic E-state index is 0.517. The van der Waals surface area contributed by atoms with Crippen molar-refractivity contribution in [1.29, 1.82) is 0 Å². The fourth-order valence-electron chi connectivity index (χ4n) is 2.43. The topological polar surface area (TPSA) is 66.5 Å². The number of nitrogens with zero attached hydrogens (tertiary/aromatic N) is 3. The highest BCUT2D eigenvalue weighted by Crippen LogP contribution is 2.27. The molecule has 0 fully saturated rings. The molecular formula is C17H12ClN5. The predicted molar refractivity (Wildman–Crippen MR) is 91.9 cm³/mol. The van der Waals surface area contributed by atoms with Gasteiger partial charge >= 0.3 is 0 Å². The highest BCUT2D eigenvalue weighted by molar-refractivity contribution is 6.30. The van der Waals surface area contributed by atoms with Crippen LogP contribution in [0.2, 0.25) is 5.02 Å². The summed E-state index contributed by atoms with van der Waals surface area (Å²) in [5, 5.41) is 4.85. The third-order valence-corrected chi connectivity index (χ3v) is 3.70. The van der Waals surface area contributed by atoms with Crippen molar-refractivity contribution in [2.45, 2.75) is 0 Å². The Hall–Kier alpha value is -2.92. The first-order valence-electron chi connectivity index (χ1n) is 7.08. The number of halogens is 1. The van der Waals surface area contributed by atoms with Gasteiger partial charge in [0.1, 0.15) is 5.65 Å². The van der Waals surface area contributed by atoms with Gasteiger partial charge in [0.15, 0.2) is 0 Å². The van der Waals surface area contributed by atoms with E-state index in [1.165, 1.54) is 0 Å². The van der Waals surface area contributed by atoms with Crippen molar-refractivity contribution in [3.05, 3.63) is 66.1 Å². The Labute approximate surface area is 137 Å². The molecule has 0 bridgehead atoms. The minimum Gasteiger partial charge on any atom is -0.345 e. The van der Waals surface area contributed by atoms with E-state index in [-0.39, 0.29) is 0 Å². The van der Waals surface area contributed by atoms with Crippen LogP contribution in [0.25, 0.3) is 22.3 Å². The Morgan fingerprint density at radius 2 is 1.96 bits per heavy atom. The molecule has 0 aliphatic carbocycles. The third kappa shape index (κ3) is 2.74. The highest BCUT2D eigenvalue weighted by atomic mass is 35.5. The summed E-state index contributed by atoms with van der Waals surface area (Å²) < 4.78 is 0. The molecule has 3 aromatic heterocycles. The molecule has 3 heterocycles. The van der Waals surface area contributed by atoms with E-state index in [1.807, 2.05) is 48.7 Å². The monoisotopic (exact) mass is 321 g/mol. The lowest BCUT2D eigenvalue weighted by atomic mass is 10.1. The van der Waals surface area contributed by atoms with Crippen molar-refractivity contribution in [2.75, 3.05) is 5.32 Å². The van der Waals surface area contributed by atoms with E-state index in [2.05, 4.69) is 25.3 Å². The summed E-state index contributed by atoms with van der Waals surface area (Å²) in [6.07, 6.45) is 5.39. The normalized spacial score (nSPS) is 10.8. The Balaban J connectivity index is 1.71. The Bertz CT molecular complexity index is 979. The van der Waals surface area contributed by atoms with Gasteiger partial charge in [0.25, 0.3) is 0 Å². The average molecular weight is 322 g/mol. The lowest BCUT2D eigenvalue weighted by molar-refractivity contribution is 1.17. The van der Waals surface area contributed by atoms with Crippen molar-refractivity contribution in [3.8, 4) is 11.3 Å². The van der Waals surface area contributed by atoms with Gasteiger partial charge in [-0.15, -0.1) is 0 Å². The van der Waals surface area contributed by atoms with E-state index in [9.17, 15) is 0 Å². The molecule has 2 N–H and O–H groups in total. The molecule has 4 aromatic rings. The number of aromatic amines is 1. The SMILES string of the molecule is Clc1cccc(Nc2nccc(-c3c[nH]c4ncccc34)n2)c1. The van der Waals surface area contributed by atoms with Gasteiger partial charge in [0, 0.05) is 40.3 Å². The van der Waals surface area contributed by atoms with Gasteiger partial charge in [0.2, 0.25) is 5.95 Å². The second-order valence-corrected chi connectivity index (χ2v) is 5.44. The molecule has 4 rings (SSSR count). The molecule has 0 atom stereocenters. The van der Waals surface area contributed by atoms with E-state index in [0.717, 1.165) is 28.0 Å². The molecule has 23 heavy (non-hydrogen) atoms. The van der Waals surface area contributed by atoms with Crippen LogP contribution < -0.4 is 5.32 Å². The Morgan fingerprint density at radius 1 is 1.00 bits per heavy atom. The number of aromatic nitrogens is 4. The average Bonchev–Trinajstić information content (AvgIpc) is 2.99. The molecule has 0 spiro atoms. The number of hydrogen-bond donors (Lipinski definition) is 2. The summed E-state index contributed by atoms with van der Waals surface area (Å²) in [7, 11) is 0. The molecule has 0 aliphatic rings. The number of fused-ring (bicyclic) bond motifs is 1. The van der Waals surface area contributed by atoms with E-state index in [0.29, 0.717) is 11.0 Å². The molecule has 0 amide bonds. The zero-order valence-corrected chi connectivity index (χ0v) is 12.7. The molecule has 0 saturated carbocycles. The first-order chi connectivity index (χ1) is 11.3. The molecule has 0 radical (unpaired) electrons. The lowest BCUT2D eigenvalue weighted by Crippen LogP contribution is -1.97. The zero-order chi connectivity index (χ0) is 15.6. The van der Waals surface area contributed by atoms with Crippen LogP contribution in [0.15, 0.2) is 61.1 Å². The van der Waals surface area contributed by atoms with Crippen molar-refractivity contribution >= 4 is 34.3 Å². The number of pyridine rings is 1. The number of nitrogens with one attached hydrogen (secondary N) is 2. The van der Waals surface area contributed by atoms with Gasteiger partial charge in [-0.3, -0.25) is 0 Å². The smallest absolute Gasteiger partial charge is 0.227 e. The van der Waals surface area contributed by atoms with Crippen LogP contribution in [-0.4, -0.2) is 19.9 Å². The van der Waals surface area contributed by atoms with Gasteiger partial charge in [-0.1, -0.05) is 17.7 Å².